The Bertz CT molecular complexity index is 144. The third-order valence-corrected chi connectivity index (χ3v) is 1.88. The number of aliphatic hydroxyl groups is 1. The summed E-state index contributed by atoms with van der Waals surface area (Å²) >= 11 is 0. The van der Waals surface area contributed by atoms with E-state index >= 15 is 0 Å². The molecule has 0 aliphatic heterocycles. The average molecular weight is 157 g/mol. The van der Waals surface area contributed by atoms with E-state index in [9.17, 15) is 9.90 Å². The summed E-state index contributed by atoms with van der Waals surface area (Å²) in [4.78, 5) is 11.1. The van der Waals surface area contributed by atoms with Gasteiger partial charge in [0.15, 0.2) is 0 Å². The Morgan fingerprint density at radius 3 is 2.91 bits per heavy atom. The van der Waals surface area contributed by atoms with Gasteiger partial charge in [-0.2, -0.15) is 0 Å². The van der Waals surface area contributed by atoms with Gasteiger partial charge in [-0.05, 0) is 6.92 Å². The molecule has 1 fully saturated rings. The van der Waals surface area contributed by atoms with E-state index in [1.54, 1.807) is 6.92 Å². The second kappa shape index (κ2) is 3.62. The van der Waals surface area contributed by atoms with Crippen molar-refractivity contribution in [1.29, 1.82) is 0 Å². The van der Waals surface area contributed by atoms with Crippen LogP contribution in [0.5, 0.6) is 0 Å². The van der Waals surface area contributed by atoms with Crippen molar-refractivity contribution in [3.05, 3.63) is 6.42 Å². The van der Waals surface area contributed by atoms with E-state index in [1.807, 2.05) is 6.42 Å². The molecule has 0 amide bonds. The highest BCUT2D eigenvalue weighted by Gasteiger charge is 2.38. The van der Waals surface area contributed by atoms with Crippen LogP contribution in [0.2, 0.25) is 0 Å². The lowest BCUT2D eigenvalue weighted by Gasteiger charge is -2.08. The molecular weight excluding hydrogens is 144 g/mol. The van der Waals surface area contributed by atoms with Crippen LogP contribution >= 0.6 is 0 Å². The SMILES string of the molecule is CCOC(=O)[C@H]1C[CH+]C[C@@H]1O. The fourth-order valence-corrected chi connectivity index (χ4v) is 1.27. The Balaban J connectivity index is 2.39. The molecule has 1 N–H and O–H groups in total. The molecule has 3 heteroatoms. The summed E-state index contributed by atoms with van der Waals surface area (Å²) < 4.78 is 4.78. The maximum absolute atomic E-state index is 11.1. The maximum atomic E-state index is 11.1. The number of ether oxygens (including phenoxy) is 1. The molecule has 0 aromatic rings. The second-order valence-electron chi connectivity index (χ2n) is 2.69. The normalized spacial score (nSPS) is 29.6. The van der Waals surface area contributed by atoms with Gasteiger partial charge in [-0.25, -0.2) is 0 Å². The molecule has 1 aliphatic rings. The van der Waals surface area contributed by atoms with Crippen molar-refractivity contribution in [2.45, 2.75) is 25.9 Å². The number of esters is 1. The Morgan fingerprint density at radius 2 is 2.45 bits per heavy atom. The number of rotatable bonds is 2. The maximum Gasteiger partial charge on any atom is 0.316 e. The van der Waals surface area contributed by atoms with Crippen LogP contribution in [0.4, 0.5) is 0 Å². The van der Waals surface area contributed by atoms with E-state index in [1.165, 1.54) is 0 Å². The number of hydrogen-bond acceptors (Lipinski definition) is 3. The Hall–Kier alpha value is -0.700. The molecule has 0 spiro atoms. The monoisotopic (exact) mass is 157 g/mol. The molecule has 0 aromatic heterocycles. The molecule has 0 saturated heterocycles. The first-order valence-electron chi connectivity index (χ1n) is 3.92. The van der Waals surface area contributed by atoms with Crippen molar-refractivity contribution < 1.29 is 14.6 Å². The van der Waals surface area contributed by atoms with E-state index in [0.29, 0.717) is 19.4 Å². The van der Waals surface area contributed by atoms with Gasteiger partial charge in [0.1, 0.15) is 24.9 Å². The van der Waals surface area contributed by atoms with E-state index in [-0.39, 0.29) is 11.9 Å². The topological polar surface area (TPSA) is 46.5 Å². The molecule has 2 atom stereocenters. The highest BCUT2D eigenvalue weighted by Crippen LogP contribution is 2.25. The Kier molecular flexibility index (Phi) is 2.76. The molecule has 3 nitrogen and oxygen atoms in total. The summed E-state index contributed by atoms with van der Waals surface area (Å²) in [5, 5.41) is 9.25. The average Bonchev–Trinajstić information content (AvgIpc) is 2.36. The standard InChI is InChI=1S/C8H13O3/c1-2-11-8(10)6-4-3-5-7(6)9/h3,6-7,9H,2,4-5H2,1H3/q+1/t6-,7-/m0/s1. The van der Waals surface area contributed by atoms with Crippen LogP contribution in [0.3, 0.4) is 0 Å². The largest absolute Gasteiger partial charge is 0.466 e. The zero-order chi connectivity index (χ0) is 8.27. The summed E-state index contributed by atoms with van der Waals surface area (Å²) in [7, 11) is 0. The lowest BCUT2D eigenvalue weighted by molar-refractivity contribution is -0.150. The summed E-state index contributed by atoms with van der Waals surface area (Å²) in [6, 6.07) is 0. The molecule has 11 heavy (non-hydrogen) atoms. The van der Waals surface area contributed by atoms with Crippen LogP contribution in [0.25, 0.3) is 0 Å². The van der Waals surface area contributed by atoms with E-state index in [4.69, 9.17) is 4.74 Å². The van der Waals surface area contributed by atoms with Crippen LogP contribution in [0.15, 0.2) is 0 Å². The molecular formula is C8H13O3+. The predicted octanol–water partition coefficient (Wildman–Crippen LogP) is 0.525. The minimum Gasteiger partial charge on any atom is -0.466 e. The number of carbonyl (C=O) groups excluding carboxylic acids is 1. The van der Waals surface area contributed by atoms with Crippen molar-refractivity contribution in [2.75, 3.05) is 6.61 Å². The van der Waals surface area contributed by atoms with Crippen LogP contribution in [-0.4, -0.2) is 23.8 Å². The third kappa shape index (κ3) is 1.87. The molecule has 1 aliphatic carbocycles. The fraction of sp³-hybridized carbons (Fsp3) is 0.750. The van der Waals surface area contributed by atoms with Crippen molar-refractivity contribution in [3.8, 4) is 0 Å². The Labute approximate surface area is 66.4 Å². The van der Waals surface area contributed by atoms with Gasteiger partial charge in [-0.15, -0.1) is 0 Å². The van der Waals surface area contributed by atoms with Gasteiger partial charge < -0.3 is 9.84 Å². The molecule has 0 radical (unpaired) electrons. The molecule has 0 unspecified atom stereocenters. The smallest absolute Gasteiger partial charge is 0.316 e. The first-order valence-corrected chi connectivity index (χ1v) is 3.92. The van der Waals surface area contributed by atoms with Crippen molar-refractivity contribution in [3.63, 3.8) is 0 Å². The first-order chi connectivity index (χ1) is 5.25. The minimum atomic E-state index is -0.519. The van der Waals surface area contributed by atoms with Crippen LogP contribution in [0.1, 0.15) is 19.8 Å². The molecule has 1 rings (SSSR count). The first kappa shape index (κ1) is 8.40. The molecule has 0 bridgehead atoms. The summed E-state index contributed by atoms with van der Waals surface area (Å²) in [5.41, 5.74) is 0. The molecule has 0 heterocycles. The summed E-state index contributed by atoms with van der Waals surface area (Å²) in [6.45, 7) is 2.16. The van der Waals surface area contributed by atoms with Crippen molar-refractivity contribution in [1.82, 2.24) is 0 Å². The van der Waals surface area contributed by atoms with Gasteiger partial charge in [0.2, 0.25) is 0 Å². The van der Waals surface area contributed by atoms with Gasteiger partial charge in [-0.1, -0.05) is 0 Å². The van der Waals surface area contributed by atoms with Gasteiger partial charge in [0, 0.05) is 0 Å². The van der Waals surface area contributed by atoms with E-state index < -0.39 is 6.10 Å². The van der Waals surface area contributed by atoms with Crippen molar-refractivity contribution in [2.24, 2.45) is 5.92 Å². The summed E-state index contributed by atoms with van der Waals surface area (Å²) in [5.74, 6) is -0.580. The highest BCUT2D eigenvalue weighted by molar-refractivity contribution is 5.73. The van der Waals surface area contributed by atoms with E-state index in [2.05, 4.69) is 0 Å². The number of hydrogen-bond donors (Lipinski definition) is 1. The van der Waals surface area contributed by atoms with Gasteiger partial charge in [0.25, 0.3) is 0 Å². The fourth-order valence-electron chi connectivity index (χ4n) is 1.27. The van der Waals surface area contributed by atoms with Crippen LogP contribution in [-0.2, 0) is 9.53 Å². The summed E-state index contributed by atoms with van der Waals surface area (Å²) in [6.07, 6.45) is 2.67. The number of aliphatic hydroxyl groups excluding tert-OH is 1. The molecule has 1 saturated carbocycles. The quantitative estimate of drug-likeness (QED) is 0.469. The second-order valence-corrected chi connectivity index (χ2v) is 2.69. The minimum absolute atomic E-state index is 0.270. The zero-order valence-corrected chi connectivity index (χ0v) is 6.62. The van der Waals surface area contributed by atoms with Crippen molar-refractivity contribution >= 4 is 5.97 Å². The molecule has 0 aromatic carbocycles. The Morgan fingerprint density at radius 1 is 1.73 bits per heavy atom. The van der Waals surface area contributed by atoms with Crippen LogP contribution in [0, 0.1) is 12.3 Å². The van der Waals surface area contributed by atoms with E-state index in [0.717, 1.165) is 0 Å². The lowest BCUT2D eigenvalue weighted by Crippen LogP contribution is -2.24. The van der Waals surface area contributed by atoms with Gasteiger partial charge in [-0.3, -0.25) is 4.79 Å². The zero-order valence-electron chi connectivity index (χ0n) is 6.62. The highest BCUT2D eigenvalue weighted by atomic mass is 16.5. The predicted molar refractivity (Wildman–Crippen MR) is 39.7 cm³/mol. The van der Waals surface area contributed by atoms with Gasteiger partial charge in [0.05, 0.1) is 13.0 Å². The third-order valence-electron chi connectivity index (χ3n) is 1.88. The molecule has 62 valence electrons. The lowest BCUT2D eigenvalue weighted by atomic mass is 10.1. The number of carbonyl (C=O) groups is 1. The van der Waals surface area contributed by atoms with Gasteiger partial charge >= 0.3 is 5.97 Å². The van der Waals surface area contributed by atoms with Crippen LogP contribution < -0.4 is 0 Å².